The van der Waals surface area contributed by atoms with Gasteiger partial charge in [0.15, 0.2) is 0 Å². The molecule has 0 aliphatic heterocycles. The summed E-state index contributed by atoms with van der Waals surface area (Å²) in [7, 11) is 0. The van der Waals surface area contributed by atoms with Crippen LogP contribution in [0.15, 0.2) is 42.7 Å². The maximum absolute atomic E-state index is 12.7. The lowest BCUT2D eigenvalue weighted by molar-refractivity contribution is 0.0697. The zero-order valence-corrected chi connectivity index (χ0v) is 8.22. The van der Waals surface area contributed by atoms with Crippen LogP contribution in [0.1, 0.15) is 10.4 Å². The summed E-state index contributed by atoms with van der Waals surface area (Å²) < 4.78 is 12.7. The van der Waals surface area contributed by atoms with Gasteiger partial charge in [0, 0.05) is 12.4 Å². The van der Waals surface area contributed by atoms with Gasteiger partial charge in [0.1, 0.15) is 5.82 Å². The van der Waals surface area contributed by atoms with Gasteiger partial charge in [-0.15, -0.1) is 0 Å². The molecule has 1 aromatic carbocycles. The number of halogens is 1. The Kier molecular flexibility index (Phi) is 2.64. The van der Waals surface area contributed by atoms with Crippen molar-refractivity contribution in [3.8, 4) is 11.1 Å². The van der Waals surface area contributed by atoms with Crippen LogP contribution in [0.3, 0.4) is 0 Å². The fourth-order valence-electron chi connectivity index (χ4n) is 1.45. The summed E-state index contributed by atoms with van der Waals surface area (Å²) in [5.74, 6) is -1.40. The topological polar surface area (TPSA) is 50.2 Å². The van der Waals surface area contributed by atoms with E-state index in [-0.39, 0.29) is 11.4 Å². The van der Waals surface area contributed by atoms with E-state index in [0.29, 0.717) is 11.1 Å². The molecule has 1 N–H and O–H groups in total. The second-order valence-corrected chi connectivity index (χ2v) is 3.23. The van der Waals surface area contributed by atoms with E-state index in [1.807, 2.05) is 0 Å². The number of benzene rings is 1. The van der Waals surface area contributed by atoms with E-state index in [0.717, 1.165) is 0 Å². The van der Waals surface area contributed by atoms with Gasteiger partial charge in [-0.05, 0) is 29.3 Å². The first-order valence-corrected chi connectivity index (χ1v) is 4.62. The third-order valence-corrected chi connectivity index (χ3v) is 2.21. The third kappa shape index (κ3) is 1.91. The molecule has 0 radical (unpaired) electrons. The number of carbonyl (C=O) groups is 1. The molecule has 0 fully saturated rings. The molecule has 0 bridgehead atoms. The number of aromatic nitrogens is 1. The van der Waals surface area contributed by atoms with E-state index in [9.17, 15) is 9.18 Å². The molecule has 0 unspecified atom stereocenters. The van der Waals surface area contributed by atoms with Crippen molar-refractivity contribution in [2.45, 2.75) is 0 Å². The van der Waals surface area contributed by atoms with Gasteiger partial charge in [-0.1, -0.05) is 12.1 Å². The maximum atomic E-state index is 12.7. The Morgan fingerprint density at radius 1 is 1.19 bits per heavy atom. The van der Waals surface area contributed by atoms with E-state index in [1.54, 1.807) is 6.07 Å². The van der Waals surface area contributed by atoms with Gasteiger partial charge in [0.05, 0.1) is 5.56 Å². The minimum Gasteiger partial charge on any atom is -0.478 e. The van der Waals surface area contributed by atoms with Crippen molar-refractivity contribution in [1.82, 2.24) is 4.98 Å². The largest absolute Gasteiger partial charge is 0.478 e. The van der Waals surface area contributed by atoms with Gasteiger partial charge in [-0.2, -0.15) is 0 Å². The predicted molar refractivity (Wildman–Crippen MR) is 56.6 cm³/mol. The van der Waals surface area contributed by atoms with Gasteiger partial charge < -0.3 is 5.11 Å². The van der Waals surface area contributed by atoms with Crippen LogP contribution in [0.4, 0.5) is 4.39 Å². The number of aromatic carboxylic acids is 1. The van der Waals surface area contributed by atoms with Crippen molar-refractivity contribution < 1.29 is 14.3 Å². The first-order valence-electron chi connectivity index (χ1n) is 4.62. The van der Waals surface area contributed by atoms with Crippen LogP contribution < -0.4 is 0 Å². The summed E-state index contributed by atoms with van der Waals surface area (Å²) in [6, 6.07) is 7.26. The summed E-state index contributed by atoms with van der Waals surface area (Å²) in [5, 5.41) is 8.97. The minimum absolute atomic E-state index is 0.106. The molecule has 0 saturated heterocycles. The molecule has 0 spiro atoms. The van der Waals surface area contributed by atoms with Crippen LogP contribution in [0.2, 0.25) is 0 Å². The molecular weight excluding hydrogens is 209 g/mol. The van der Waals surface area contributed by atoms with E-state index >= 15 is 0 Å². The molecule has 2 rings (SSSR count). The van der Waals surface area contributed by atoms with Crippen molar-refractivity contribution in [3.63, 3.8) is 0 Å². The normalized spacial score (nSPS) is 10.1. The van der Waals surface area contributed by atoms with Gasteiger partial charge in [0.25, 0.3) is 0 Å². The molecule has 1 aromatic heterocycles. The highest BCUT2D eigenvalue weighted by molar-refractivity contribution is 5.95. The quantitative estimate of drug-likeness (QED) is 0.841. The Hall–Kier alpha value is -2.23. The van der Waals surface area contributed by atoms with E-state index < -0.39 is 5.97 Å². The van der Waals surface area contributed by atoms with Crippen LogP contribution in [-0.2, 0) is 0 Å². The molecule has 0 atom stereocenters. The lowest BCUT2D eigenvalue weighted by Gasteiger charge is -2.04. The fraction of sp³-hybridized carbons (Fsp3) is 0. The van der Waals surface area contributed by atoms with Crippen LogP contribution >= 0.6 is 0 Å². The Labute approximate surface area is 91.2 Å². The molecule has 0 amide bonds. The van der Waals surface area contributed by atoms with Crippen LogP contribution in [0.25, 0.3) is 11.1 Å². The van der Waals surface area contributed by atoms with Crippen LogP contribution in [0, 0.1) is 5.82 Å². The van der Waals surface area contributed by atoms with Gasteiger partial charge in [0.2, 0.25) is 0 Å². The summed E-state index contributed by atoms with van der Waals surface area (Å²) in [6.07, 6.45) is 2.78. The summed E-state index contributed by atoms with van der Waals surface area (Å²) in [4.78, 5) is 14.7. The maximum Gasteiger partial charge on any atom is 0.337 e. The molecule has 3 nitrogen and oxygen atoms in total. The van der Waals surface area contributed by atoms with Crippen LogP contribution in [-0.4, -0.2) is 16.1 Å². The number of hydrogen-bond donors (Lipinski definition) is 1. The van der Waals surface area contributed by atoms with Crippen molar-refractivity contribution in [2.24, 2.45) is 0 Å². The van der Waals surface area contributed by atoms with Crippen molar-refractivity contribution >= 4 is 5.97 Å². The smallest absolute Gasteiger partial charge is 0.337 e. The highest BCUT2D eigenvalue weighted by Gasteiger charge is 2.11. The monoisotopic (exact) mass is 217 g/mol. The van der Waals surface area contributed by atoms with E-state index in [4.69, 9.17) is 5.11 Å². The zero-order chi connectivity index (χ0) is 11.5. The Morgan fingerprint density at radius 3 is 2.50 bits per heavy atom. The second-order valence-electron chi connectivity index (χ2n) is 3.23. The fourth-order valence-corrected chi connectivity index (χ4v) is 1.45. The molecule has 0 saturated carbocycles. The highest BCUT2D eigenvalue weighted by atomic mass is 19.1. The molecule has 80 valence electrons. The standard InChI is InChI=1S/C12H8FNO2/c13-9-3-1-8(2-4-9)10-5-6-14-7-11(10)12(15)16/h1-7H,(H,15,16). The summed E-state index contributed by atoms with van der Waals surface area (Å²) >= 11 is 0. The Bertz CT molecular complexity index is 523. The molecule has 0 aliphatic rings. The molecular formula is C12H8FNO2. The first-order chi connectivity index (χ1) is 7.68. The molecule has 0 aliphatic carbocycles. The Morgan fingerprint density at radius 2 is 1.88 bits per heavy atom. The van der Waals surface area contributed by atoms with E-state index in [1.165, 1.54) is 36.7 Å². The zero-order valence-electron chi connectivity index (χ0n) is 8.22. The molecule has 4 heteroatoms. The summed E-state index contributed by atoms with van der Waals surface area (Å²) in [5.41, 5.74) is 1.29. The number of nitrogens with zero attached hydrogens (tertiary/aromatic N) is 1. The highest BCUT2D eigenvalue weighted by Crippen LogP contribution is 2.22. The Balaban J connectivity index is 2.55. The van der Waals surface area contributed by atoms with Gasteiger partial charge in [-0.3, -0.25) is 4.98 Å². The molecule has 16 heavy (non-hydrogen) atoms. The first kappa shape index (κ1) is 10.3. The average molecular weight is 217 g/mol. The van der Waals surface area contributed by atoms with Crippen molar-refractivity contribution in [2.75, 3.05) is 0 Å². The second kappa shape index (κ2) is 4.10. The SMILES string of the molecule is O=C(O)c1cnccc1-c1ccc(F)cc1. The number of carboxylic acid groups (broad SMARTS) is 1. The number of pyridine rings is 1. The lowest BCUT2D eigenvalue weighted by Crippen LogP contribution is -2.00. The third-order valence-electron chi connectivity index (χ3n) is 2.21. The minimum atomic E-state index is -1.05. The predicted octanol–water partition coefficient (Wildman–Crippen LogP) is 2.59. The number of carboxylic acids is 1. The van der Waals surface area contributed by atoms with E-state index in [2.05, 4.69) is 4.98 Å². The number of rotatable bonds is 2. The molecule has 1 heterocycles. The number of hydrogen-bond acceptors (Lipinski definition) is 2. The van der Waals surface area contributed by atoms with Crippen molar-refractivity contribution in [1.29, 1.82) is 0 Å². The van der Waals surface area contributed by atoms with Gasteiger partial charge >= 0.3 is 5.97 Å². The average Bonchev–Trinajstić information content (AvgIpc) is 2.30. The van der Waals surface area contributed by atoms with Crippen LogP contribution in [0.5, 0.6) is 0 Å². The lowest BCUT2D eigenvalue weighted by atomic mass is 10.0. The summed E-state index contributed by atoms with van der Waals surface area (Å²) in [6.45, 7) is 0. The van der Waals surface area contributed by atoms with Crippen molar-refractivity contribution in [3.05, 3.63) is 54.1 Å². The molecule has 2 aromatic rings. The van der Waals surface area contributed by atoms with Gasteiger partial charge in [-0.25, -0.2) is 9.18 Å².